The van der Waals surface area contributed by atoms with E-state index >= 15 is 0 Å². The third kappa shape index (κ3) is 1.21. The van der Waals surface area contributed by atoms with Gasteiger partial charge in [0.2, 0.25) is 5.91 Å². The summed E-state index contributed by atoms with van der Waals surface area (Å²) in [6.07, 6.45) is 0.892. The third-order valence-corrected chi connectivity index (χ3v) is 4.96. The summed E-state index contributed by atoms with van der Waals surface area (Å²) in [6, 6.07) is 7.76. The van der Waals surface area contributed by atoms with E-state index in [4.69, 9.17) is 11.6 Å². The second-order valence-corrected chi connectivity index (χ2v) is 6.15. The number of halogens is 1. The first-order valence-electron chi connectivity index (χ1n) is 5.85. The number of thiophene rings is 1. The van der Waals surface area contributed by atoms with Crippen LogP contribution in [-0.2, 0) is 10.2 Å². The summed E-state index contributed by atoms with van der Waals surface area (Å²) in [5.41, 5.74) is 2.89. The quantitative estimate of drug-likeness (QED) is 0.843. The molecule has 1 aromatic heterocycles. The Labute approximate surface area is 114 Å². The van der Waals surface area contributed by atoms with Crippen LogP contribution in [0.25, 0.3) is 0 Å². The molecule has 1 amide bonds. The highest BCUT2D eigenvalue weighted by molar-refractivity contribution is 7.08. The number of nitrogens with one attached hydrogen (secondary N) is 1. The number of benzene rings is 1. The molecule has 1 aliphatic heterocycles. The average Bonchev–Trinajstić information content (AvgIpc) is 2.76. The van der Waals surface area contributed by atoms with Crippen molar-refractivity contribution in [2.45, 2.75) is 17.8 Å². The van der Waals surface area contributed by atoms with E-state index in [1.165, 1.54) is 5.56 Å². The number of rotatable bonds is 1. The first-order valence-corrected chi connectivity index (χ1v) is 7.17. The SMILES string of the molecule is O=C1Nc2ccc(Cl)cc2C12CC2c1ccsc1. The van der Waals surface area contributed by atoms with Gasteiger partial charge in [0.15, 0.2) is 0 Å². The minimum Gasteiger partial charge on any atom is -0.325 e. The fourth-order valence-electron chi connectivity index (χ4n) is 3.04. The summed E-state index contributed by atoms with van der Waals surface area (Å²) in [5.74, 6) is 0.430. The van der Waals surface area contributed by atoms with Crippen molar-refractivity contribution in [2.75, 3.05) is 5.32 Å². The summed E-state index contributed by atoms with van der Waals surface area (Å²) in [7, 11) is 0. The molecular weight excluding hydrogens is 266 g/mol. The lowest BCUT2D eigenvalue weighted by atomic mass is 9.93. The number of hydrogen-bond acceptors (Lipinski definition) is 2. The fraction of sp³-hybridized carbons (Fsp3) is 0.214. The molecule has 2 aromatic rings. The lowest BCUT2D eigenvalue weighted by Gasteiger charge is -2.07. The Morgan fingerprint density at radius 2 is 2.28 bits per heavy atom. The average molecular weight is 276 g/mol. The van der Waals surface area contributed by atoms with Gasteiger partial charge >= 0.3 is 0 Å². The van der Waals surface area contributed by atoms with Gasteiger partial charge in [-0.05, 0) is 52.6 Å². The normalized spacial score (nSPS) is 28.3. The molecule has 0 radical (unpaired) electrons. The fourth-order valence-corrected chi connectivity index (χ4v) is 3.92. The highest BCUT2D eigenvalue weighted by Gasteiger charge is 2.65. The van der Waals surface area contributed by atoms with Gasteiger partial charge in [-0.3, -0.25) is 4.79 Å². The summed E-state index contributed by atoms with van der Waals surface area (Å²) in [5, 5.41) is 7.87. The van der Waals surface area contributed by atoms with Crippen LogP contribution in [-0.4, -0.2) is 5.91 Å². The molecule has 1 saturated carbocycles. The Morgan fingerprint density at radius 1 is 1.39 bits per heavy atom. The highest BCUT2D eigenvalue weighted by Crippen LogP contribution is 2.65. The molecule has 2 heterocycles. The standard InChI is InChI=1S/C14H10ClNOS/c15-9-1-2-12-10(5-9)14(13(17)16-12)6-11(14)8-3-4-18-7-8/h1-5,7,11H,6H2,(H,16,17). The van der Waals surface area contributed by atoms with Crippen LogP contribution < -0.4 is 5.32 Å². The number of fused-ring (bicyclic) bond motifs is 2. The van der Waals surface area contributed by atoms with Gasteiger partial charge < -0.3 is 5.32 Å². The van der Waals surface area contributed by atoms with Crippen LogP contribution in [0.15, 0.2) is 35.0 Å². The van der Waals surface area contributed by atoms with Crippen molar-refractivity contribution in [1.29, 1.82) is 0 Å². The molecule has 1 aliphatic carbocycles. The Hall–Kier alpha value is -1.32. The van der Waals surface area contributed by atoms with Gasteiger partial charge in [0.1, 0.15) is 0 Å². The number of amides is 1. The third-order valence-electron chi connectivity index (χ3n) is 4.02. The minimum absolute atomic E-state index is 0.121. The van der Waals surface area contributed by atoms with Crippen LogP contribution >= 0.6 is 22.9 Å². The van der Waals surface area contributed by atoms with Crippen molar-refractivity contribution >= 4 is 34.5 Å². The lowest BCUT2D eigenvalue weighted by Crippen LogP contribution is -2.20. The van der Waals surface area contributed by atoms with Gasteiger partial charge in [-0.2, -0.15) is 11.3 Å². The van der Waals surface area contributed by atoms with Crippen LogP contribution in [0, 0.1) is 0 Å². The summed E-state index contributed by atoms with van der Waals surface area (Å²) in [6.45, 7) is 0. The highest BCUT2D eigenvalue weighted by atomic mass is 35.5. The van der Waals surface area contributed by atoms with Crippen molar-refractivity contribution < 1.29 is 4.79 Å². The molecule has 1 aromatic carbocycles. The second kappa shape index (κ2) is 3.37. The first kappa shape index (κ1) is 10.6. The summed E-state index contributed by atoms with van der Waals surface area (Å²) < 4.78 is 0. The van der Waals surface area contributed by atoms with Crippen molar-refractivity contribution in [3.63, 3.8) is 0 Å². The van der Waals surface area contributed by atoms with Gasteiger partial charge in [0.05, 0.1) is 5.41 Å². The molecule has 4 rings (SSSR count). The predicted octanol–water partition coefficient (Wildman–Crippen LogP) is 3.78. The van der Waals surface area contributed by atoms with Gasteiger partial charge in [0.25, 0.3) is 0 Å². The van der Waals surface area contributed by atoms with Gasteiger partial charge in [0, 0.05) is 16.6 Å². The van der Waals surface area contributed by atoms with E-state index in [9.17, 15) is 4.79 Å². The van der Waals surface area contributed by atoms with Crippen LogP contribution in [0.1, 0.15) is 23.5 Å². The van der Waals surface area contributed by atoms with Gasteiger partial charge in [-0.1, -0.05) is 11.6 Å². The zero-order valence-electron chi connectivity index (χ0n) is 9.44. The lowest BCUT2D eigenvalue weighted by molar-refractivity contribution is -0.118. The number of anilines is 1. The molecule has 4 heteroatoms. The molecule has 1 N–H and O–H groups in total. The monoisotopic (exact) mass is 275 g/mol. The number of carbonyl (C=O) groups is 1. The summed E-state index contributed by atoms with van der Waals surface area (Å²) in [4.78, 5) is 12.3. The molecule has 0 bridgehead atoms. The number of carbonyl (C=O) groups excluding carboxylic acids is 1. The van der Waals surface area contributed by atoms with E-state index in [0.29, 0.717) is 10.9 Å². The molecule has 2 atom stereocenters. The van der Waals surface area contributed by atoms with E-state index < -0.39 is 0 Å². The molecule has 18 heavy (non-hydrogen) atoms. The van der Waals surface area contributed by atoms with E-state index in [0.717, 1.165) is 17.7 Å². The molecule has 2 nitrogen and oxygen atoms in total. The van der Waals surface area contributed by atoms with E-state index in [-0.39, 0.29) is 11.3 Å². The molecule has 2 aliphatic rings. The first-order chi connectivity index (χ1) is 8.72. The Kier molecular flexibility index (Phi) is 1.98. The van der Waals surface area contributed by atoms with Gasteiger partial charge in [-0.15, -0.1) is 0 Å². The Bertz CT molecular complexity index is 652. The topological polar surface area (TPSA) is 29.1 Å². The van der Waals surface area contributed by atoms with Crippen LogP contribution in [0.5, 0.6) is 0 Å². The maximum atomic E-state index is 12.3. The maximum absolute atomic E-state index is 12.3. The molecule has 1 spiro atoms. The van der Waals surface area contributed by atoms with E-state index in [1.54, 1.807) is 11.3 Å². The molecule has 2 unspecified atom stereocenters. The van der Waals surface area contributed by atoms with E-state index in [1.807, 2.05) is 18.2 Å². The van der Waals surface area contributed by atoms with Crippen LogP contribution in [0.3, 0.4) is 0 Å². The maximum Gasteiger partial charge on any atom is 0.235 e. The number of hydrogen-bond donors (Lipinski definition) is 1. The smallest absolute Gasteiger partial charge is 0.235 e. The van der Waals surface area contributed by atoms with Gasteiger partial charge in [-0.25, -0.2) is 0 Å². The molecular formula is C14H10ClNOS. The Balaban J connectivity index is 1.85. The largest absolute Gasteiger partial charge is 0.325 e. The van der Waals surface area contributed by atoms with Crippen molar-refractivity contribution in [3.05, 3.63) is 51.2 Å². The van der Waals surface area contributed by atoms with Crippen molar-refractivity contribution in [3.8, 4) is 0 Å². The van der Waals surface area contributed by atoms with Crippen LogP contribution in [0.4, 0.5) is 5.69 Å². The van der Waals surface area contributed by atoms with Crippen LogP contribution in [0.2, 0.25) is 5.02 Å². The second-order valence-electron chi connectivity index (χ2n) is 4.93. The van der Waals surface area contributed by atoms with E-state index in [2.05, 4.69) is 22.1 Å². The zero-order chi connectivity index (χ0) is 12.3. The molecule has 90 valence electrons. The summed E-state index contributed by atoms with van der Waals surface area (Å²) >= 11 is 7.74. The minimum atomic E-state index is -0.360. The van der Waals surface area contributed by atoms with Crippen molar-refractivity contribution in [2.24, 2.45) is 0 Å². The van der Waals surface area contributed by atoms with Crippen molar-refractivity contribution in [1.82, 2.24) is 0 Å². The zero-order valence-corrected chi connectivity index (χ0v) is 11.0. The predicted molar refractivity (Wildman–Crippen MR) is 73.4 cm³/mol. The molecule has 1 fully saturated rings. The molecule has 0 saturated heterocycles. The Morgan fingerprint density at radius 3 is 3.06 bits per heavy atom.